The normalized spacial score (nSPS) is 28.6. The van der Waals surface area contributed by atoms with Crippen LogP contribution in [0.3, 0.4) is 0 Å². The molecule has 1 saturated carbocycles. The van der Waals surface area contributed by atoms with Crippen LogP contribution in [0.25, 0.3) is 0 Å². The topological polar surface area (TPSA) is 46.2 Å². The Labute approximate surface area is 99.2 Å². The molecule has 1 aliphatic carbocycles. The van der Waals surface area contributed by atoms with Crippen molar-refractivity contribution < 1.29 is 8.42 Å². The van der Waals surface area contributed by atoms with Crippen LogP contribution in [-0.2, 0) is 9.84 Å². The fraction of sp³-hybridized carbons (Fsp3) is 0.833. The summed E-state index contributed by atoms with van der Waals surface area (Å²) in [7, 11) is -0.926. The van der Waals surface area contributed by atoms with Gasteiger partial charge in [-0.1, -0.05) is 12.5 Å². The van der Waals surface area contributed by atoms with Crippen molar-refractivity contribution in [1.82, 2.24) is 5.32 Å². The van der Waals surface area contributed by atoms with Gasteiger partial charge in [-0.2, -0.15) is 0 Å². The zero-order chi connectivity index (χ0) is 12.2. The molecule has 0 radical (unpaired) electrons. The second kappa shape index (κ2) is 5.82. The van der Waals surface area contributed by atoms with Gasteiger partial charge in [-0.25, -0.2) is 8.42 Å². The molecule has 0 aromatic heterocycles. The Morgan fingerprint density at radius 3 is 2.69 bits per heavy atom. The van der Waals surface area contributed by atoms with Gasteiger partial charge >= 0.3 is 0 Å². The number of hydrogen-bond donors (Lipinski definition) is 1. The Hall–Kier alpha value is -0.350. The zero-order valence-electron chi connectivity index (χ0n) is 10.3. The first-order valence-corrected chi connectivity index (χ1v) is 7.91. The van der Waals surface area contributed by atoms with Crippen molar-refractivity contribution in [3.05, 3.63) is 12.7 Å². The summed E-state index contributed by atoms with van der Waals surface area (Å²) in [6.07, 6.45) is 7.98. The average Bonchev–Trinajstić information content (AvgIpc) is 2.25. The summed E-state index contributed by atoms with van der Waals surface area (Å²) in [4.78, 5) is 0. The Morgan fingerprint density at radius 1 is 1.50 bits per heavy atom. The summed E-state index contributed by atoms with van der Waals surface area (Å²) in [5.74, 6) is 0.469. The van der Waals surface area contributed by atoms with E-state index in [0.29, 0.717) is 12.0 Å². The van der Waals surface area contributed by atoms with E-state index in [4.69, 9.17) is 0 Å². The van der Waals surface area contributed by atoms with E-state index in [9.17, 15) is 8.42 Å². The van der Waals surface area contributed by atoms with Crippen LogP contribution in [0.2, 0.25) is 0 Å². The number of rotatable bonds is 5. The number of sulfone groups is 1. The molecule has 0 aromatic carbocycles. The van der Waals surface area contributed by atoms with Crippen LogP contribution in [0, 0.1) is 5.92 Å². The Morgan fingerprint density at radius 2 is 2.19 bits per heavy atom. The Balaban J connectivity index is 2.65. The van der Waals surface area contributed by atoms with E-state index in [2.05, 4.69) is 11.9 Å². The predicted octanol–water partition coefficient (Wildman–Crippen LogP) is 1.75. The third kappa shape index (κ3) is 3.59. The Kier molecular flexibility index (Phi) is 4.99. The van der Waals surface area contributed by atoms with Gasteiger partial charge in [0.05, 0.1) is 5.25 Å². The highest BCUT2D eigenvalue weighted by molar-refractivity contribution is 7.91. The maximum atomic E-state index is 11.6. The molecular weight excluding hydrogens is 222 g/mol. The molecule has 3 nitrogen and oxygen atoms in total. The summed E-state index contributed by atoms with van der Waals surface area (Å²) < 4.78 is 23.1. The van der Waals surface area contributed by atoms with Crippen LogP contribution >= 0.6 is 0 Å². The van der Waals surface area contributed by atoms with Crippen LogP contribution in [0.4, 0.5) is 0 Å². The summed E-state index contributed by atoms with van der Waals surface area (Å²) in [6.45, 7) is 3.75. The highest BCUT2D eigenvalue weighted by Gasteiger charge is 2.31. The van der Waals surface area contributed by atoms with E-state index in [-0.39, 0.29) is 5.25 Å². The molecule has 1 N–H and O–H groups in total. The van der Waals surface area contributed by atoms with Gasteiger partial charge < -0.3 is 5.32 Å². The minimum Gasteiger partial charge on any atom is -0.316 e. The molecule has 0 saturated heterocycles. The molecule has 0 aliphatic heterocycles. The first kappa shape index (κ1) is 13.7. The van der Waals surface area contributed by atoms with Gasteiger partial charge in [0.1, 0.15) is 9.84 Å². The minimum atomic E-state index is -2.87. The molecule has 1 rings (SSSR count). The molecule has 0 spiro atoms. The van der Waals surface area contributed by atoms with E-state index in [0.717, 1.165) is 32.1 Å². The molecule has 1 aliphatic rings. The van der Waals surface area contributed by atoms with E-state index in [1.165, 1.54) is 6.26 Å². The standard InChI is InChI=1S/C12H23NO2S/c1-4-6-12(13-2)10-7-5-8-11(9-10)16(3,14)15/h4,10-13H,1,5-9H2,2-3H3. The zero-order valence-corrected chi connectivity index (χ0v) is 11.1. The lowest BCUT2D eigenvalue weighted by atomic mass is 9.82. The van der Waals surface area contributed by atoms with Gasteiger partial charge in [-0.15, -0.1) is 6.58 Å². The number of nitrogens with one attached hydrogen (secondary N) is 1. The minimum absolute atomic E-state index is 0.132. The average molecular weight is 245 g/mol. The highest BCUT2D eigenvalue weighted by Crippen LogP contribution is 2.31. The van der Waals surface area contributed by atoms with Crippen LogP contribution in [0.15, 0.2) is 12.7 Å². The van der Waals surface area contributed by atoms with Crippen LogP contribution in [-0.4, -0.2) is 33.0 Å². The number of hydrogen-bond acceptors (Lipinski definition) is 3. The fourth-order valence-corrected chi connectivity index (χ4v) is 3.85. The molecule has 4 heteroatoms. The lowest BCUT2D eigenvalue weighted by Gasteiger charge is -2.33. The van der Waals surface area contributed by atoms with Crippen molar-refractivity contribution in [2.75, 3.05) is 13.3 Å². The van der Waals surface area contributed by atoms with Crippen molar-refractivity contribution in [3.63, 3.8) is 0 Å². The van der Waals surface area contributed by atoms with Crippen molar-refractivity contribution in [2.45, 2.75) is 43.4 Å². The molecule has 0 aromatic rings. The lowest BCUT2D eigenvalue weighted by Crippen LogP contribution is -2.39. The van der Waals surface area contributed by atoms with E-state index >= 15 is 0 Å². The van der Waals surface area contributed by atoms with Gasteiger partial charge in [0.15, 0.2) is 0 Å². The molecule has 1 fully saturated rings. The molecule has 94 valence electrons. The summed E-state index contributed by atoms with van der Waals surface area (Å²) in [6, 6.07) is 0.377. The molecule has 3 unspecified atom stereocenters. The summed E-state index contributed by atoms with van der Waals surface area (Å²) in [5, 5.41) is 3.15. The molecule has 0 bridgehead atoms. The first-order valence-electron chi connectivity index (χ1n) is 5.96. The van der Waals surface area contributed by atoms with Crippen molar-refractivity contribution >= 4 is 9.84 Å². The van der Waals surface area contributed by atoms with E-state index in [1.54, 1.807) is 0 Å². The van der Waals surface area contributed by atoms with Gasteiger partial charge in [0, 0.05) is 12.3 Å². The molecule has 16 heavy (non-hydrogen) atoms. The SMILES string of the molecule is C=CCC(NC)C1CCCC(S(C)(=O)=O)C1. The van der Waals surface area contributed by atoms with Gasteiger partial charge in [0.2, 0.25) is 0 Å². The van der Waals surface area contributed by atoms with Gasteiger partial charge in [-0.3, -0.25) is 0 Å². The van der Waals surface area contributed by atoms with Crippen LogP contribution < -0.4 is 5.32 Å². The van der Waals surface area contributed by atoms with Crippen molar-refractivity contribution in [3.8, 4) is 0 Å². The lowest BCUT2D eigenvalue weighted by molar-refractivity contribution is 0.280. The van der Waals surface area contributed by atoms with Gasteiger partial charge in [-0.05, 0) is 38.6 Å². The quantitative estimate of drug-likeness (QED) is 0.751. The molecular formula is C12H23NO2S. The van der Waals surface area contributed by atoms with Crippen LogP contribution in [0.5, 0.6) is 0 Å². The summed E-state index contributed by atoms with van der Waals surface area (Å²) in [5.41, 5.74) is 0. The van der Waals surface area contributed by atoms with E-state index < -0.39 is 9.84 Å². The Bertz CT molecular complexity index is 324. The molecule has 3 atom stereocenters. The maximum absolute atomic E-state index is 11.6. The fourth-order valence-electron chi connectivity index (χ4n) is 2.66. The van der Waals surface area contributed by atoms with Crippen molar-refractivity contribution in [1.29, 1.82) is 0 Å². The van der Waals surface area contributed by atoms with Crippen LogP contribution in [0.1, 0.15) is 32.1 Å². The first-order chi connectivity index (χ1) is 7.49. The monoisotopic (exact) mass is 245 g/mol. The maximum Gasteiger partial charge on any atom is 0.150 e. The third-order valence-electron chi connectivity index (χ3n) is 3.63. The highest BCUT2D eigenvalue weighted by atomic mass is 32.2. The predicted molar refractivity (Wildman–Crippen MR) is 68.3 cm³/mol. The smallest absolute Gasteiger partial charge is 0.150 e. The van der Waals surface area contributed by atoms with Crippen molar-refractivity contribution in [2.24, 2.45) is 5.92 Å². The molecule has 0 amide bonds. The summed E-state index contributed by atoms with van der Waals surface area (Å²) >= 11 is 0. The second-order valence-electron chi connectivity index (χ2n) is 4.80. The van der Waals surface area contributed by atoms with Gasteiger partial charge in [0.25, 0.3) is 0 Å². The largest absolute Gasteiger partial charge is 0.316 e. The third-order valence-corrected chi connectivity index (χ3v) is 5.27. The second-order valence-corrected chi connectivity index (χ2v) is 7.12. The molecule has 0 heterocycles. The van der Waals surface area contributed by atoms with E-state index in [1.807, 2.05) is 13.1 Å².